The fraction of sp³-hybridized carbons (Fsp3) is 0.100. The first-order valence-corrected chi connectivity index (χ1v) is 8.13. The van der Waals surface area contributed by atoms with Gasteiger partial charge in [-0.15, -0.1) is 0 Å². The van der Waals surface area contributed by atoms with Crippen LogP contribution in [0.25, 0.3) is 16.8 Å². The zero-order valence-electron chi connectivity index (χ0n) is 14.0. The van der Waals surface area contributed by atoms with Gasteiger partial charge in [-0.1, -0.05) is 18.2 Å². The van der Waals surface area contributed by atoms with Gasteiger partial charge in [0, 0.05) is 45.6 Å². The fourth-order valence-electron chi connectivity index (χ4n) is 2.52. The topological polar surface area (TPSA) is 37.8 Å². The number of aromatic nitrogens is 2. The molecular formula is C20H17ClFN3. The molecule has 3 aromatic rings. The molecule has 0 saturated carbocycles. The predicted molar refractivity (Wildman–Crippen MR) is 102 cm³/mol. The lowest BCUT2D eigenvalue weighted by atomic mass is 10.0. The molecular weight excluding hydrogens is 337 g/mol. The average molecular weight is 354 g/mol. The lowest BCUT2D eigenvalue weighted by molar-refractivity contribution is 0.631. The molecule has 2 aromatic heterocycles. The molecule has 0 aliphatic rings. The van der Waals surface area contributed by atoms with Crippen LogP contribution in [0.4, 0.5) is 15.8 Å². The van der Waals surface area contributed by atoms with Crippen LogP contribution in [0.2, 0.25) is 5.02 Å². The van der Waals surface area contributed by atoms with Crippen LogP contribution in [-0.4, -0.2) is 9.97 Å². The molecule has 0 aliphatic heterocycles. The minimum atomic E-state index is -0.370. The van der Waals surface area contributed by atoms with Crippen LogP contribution in [0.1, 0.15) is 18.2 Å². The molecule has 25 heavy (non-hydrogen) atoms. The standard InChI is InChI=1S/C20H17ClFN3/c1-12(2)17-11-24-19(16-9-14(21)4-5-18(16)22)10-20(17)25-15-6-7-23-13(3)8-15/h4-11H,1H2,2-3H3,(H,23,24,25). The second-order valence-electron chi connectivity index (χ2n) is 5.83. The van der Waals surface area contributed by atoms with Gasteiger partial charge < -0.3 is 5.32 Å². The second kappa shape index (κ2) is 7.03. The Morgan fingerprint density at radius 3 is 2.68 bits per heavy atom. The van der Waals surface area contributed by atoms with Gasteiger partial charge in [-0.25, -0.2) is 4.39 Å². The van der Waals surface area contributed by atoms with E-state index in [9.17, 15) is 4.39 Å². The van der Waals surface area contributed by atoms with Crippen molar-refractivity contribution in [1.82, 2.24) is 9.97 Å². The monoisotopic (exact) mass is 353 g/mol. The van der Waals surface area contributed by atoms with Crippen LogP contribution in [0, 0.1) is 12.7 Å². The van der Waals surface area contributed by atoms with Crippen LogP contribution in [0.15, 0.2) is 55.4 Å². The zero-order valence-corrected chi connectivity index (χ0v) is 14.7. The molecule has 0 fully saturated rings. The Balaban J connectivity index is 2.09. The summed E-state index contributed by atoms with van der Waals surface area (Å²) in [4.78, 5) is 8.57. The Bertz CT molecular complexity index is 953. The van der Waals surface area contributed by atoms with Gasteiger partial charge in [0.05, 0.1) is 5.69 Å². The van der Waals surface area contributed by atoms with E-state index in [0.29, 0.717) is 16.3 Å². The van der Waals surface area contributed by atoms with Crippen LogP contribution >= 0.6 is 11.6 Å². The average Bonchev–Trinajstić information content (AvgIpc) is 2.57. The summed E-state index contributed by atoms with van der Waals surface area (Å²) in [6.07, 6.45) is 3.42. The number of nitrogens with zero attached hydrogens (tertiary/aromatic N) is 2. The number of rotatable bonds is 4. The molecule has 0 atom stereocenters. The molecule has 0 aliphatic carbocycles. The van der Waals surface area contributed by atoms with Gasteiger partial charge in [0.1, 0.15) is 5.82 Å². The Kier molecular flexibility index (Phi) is 4.81. The van der Waals surface area contributed by atoms with Gasteiger partial charge in [0.25, 0.3) is 0 Å². The number of aryl methyl sites for hydroxylation is 1. The van der Waals surface area contributed by atoms with Crippen LogP contribution < -0.4 is 5.32 Å². The van der Waals surface area contributed by atoms with E-state index < -0.39 is 0 Å². The molecule has 0 radical (unpaired) electrons. The Morgan fingerprint density at radius 2 is 1.96 bits per heavy atom. The van der Waals surface area contributed by atoms with E-state index in [1.54, 1.807) is 24.5 Å². The summed E-state index contributed by atoms with van der Waals surface area (Å²) in [6.45, 7) is 7.81. The van der Waals surface area contributed by atoms with Gasteiger partial charge in [0.15, 0.2) is 0 Å². The Labute approximate surface area is 151 Å². The first-order valence-electron chi connectivity index (χ1n) is 7.75. The number of allylic oxidation sites excluding steroid dienone is 1. The Morgan fingerprint density at radius 1 is 1.16 bits per heavy atom. The highest BCUT2D eigenvalue weighted by atomic mass is 35.5. The maximum atomic E-state index is 14.2. The first kappa shape index (κ1) is 17.1. The SMILES string of the molecule is C=C(C)c1cnc(-c2cc(Cl)ccc2F)cc1Nc1ccnc(C)c1. The minimum absolute atomic E-state index is 0.356. The molecule has 126 valence electrons. The molecule has 0 unspecified atom stereocenters. The van der Waals surface area contributed by atoms with Gasteiger partial charge in [-0.05, 0) is 55.8 Å². The van der Waals surface area contributed by atoms with Crippen molar-refractivity contribution in [2.24, 2.45) is 0 Å². The maximum absolute atomic E-state index is 14.2. The van der Waals surface area contributed by atoms with E-state index in [1.807, 2.05) is 26.0 Å². The smallest absolute Gasteiger partial charge is 0.132 e. The molecule has 0 saturated heterocycles. The maximum Gasteiger partial charge on any atom is 0.132 e. The van der Waals surface area contributed by atoms with Crippen molar-refractivity contribution < 1.29 is 4.39 Å². The predicted octanol–water partition coefficient (Wildman–Crippen LogP) is 6.02. The van der Waals surface area contributed by atoms with Crippen molar-refractivity contribution in [2.75, 3.05) is 5.32 Å². The third-order valence-electron chi connectivity index (χ3n) is 3.74. The van der Waals surface area contributed by atoms with Gasteiger partial charge in [-0.2, -0.15) is 0 Å². The molecule has 0 spiro atoms. The van der Waals surface area contributed by atoms with Gasteiger partial charge >= 0.3 is 0 Å². The quantitative estimate of drug-likeness (QED) is 0.623. The summed E-state index contributed by atoms with van der Waals surface area (Å²) in [5, 5.41) is 3.80. The number of hydrogen-bond acceptors (Lipinski definition) is 3. The van der Waals surface area contributed by atoms with Gasteiger partial charge in [0.2, 0.25) is 0 Å². The van der Waals surface area contributed by atoms with E-state index >= 15 is 0 Å². The minimum Gasteiger partial charge on any atom is -0.355 e. The summed E-state index contributed by atoms with van der Waals surface area (Å²) in [5.41, 5.74) is 5.16. The normalized spacial score (nSPS) is 10.6. The van der Waals surface area contributed by atoms with E-state index in [1.165, 1.54) is 12.1 Å². The number of benzene rings is 1. The second-order valence-corrected chi connectivity index (χ2v) is 6.27. The third-order valence-corrected chi connectivity index (χ3v) is 3.98. The first-order chi connectivity index (χ1) is 11.9. The van der Waals surface area contributed by atoms with Crippen LogP contribution in [0.3, 0.4) is 0 Å². The molecule has 0 bridgehead atoms. The van der Waals surface area contributed by atoms with E-state index in [0.717, 1.165) is 28.2 Å². The molecule has 3 nitrogen and oxygen atoms in total. The van der Waals surface area contributed by atoms with Crippen molar-refractivity contribution in [3.8, 4) is 11.3 Å². The zero-order chi connectivity index (χ0) is 18.0. The molecule has 5 heteroatoms. The summed E-state index contributed by atoms with van der Waals surface area (Å²) in [6, 6.07) is 10.0. The van der Waals surface area contributed by atoms with E-state index in [2.05, 4.69) is 21.9 Å². The Hall–Kier alpha value is -2.72. The van der Waals surface area contributed by atoms with Crippen LogP contribution in [-0.2, 0) is 0 Å². The molecule has 0 amide bonds. The molecule has 1 N–H and O–H groups in total. The number of halogens is 2. The highest BCUT2D eigenvalue weighted by Crippen LogP contribution is 2.31. The third kappa shape index (κ3) is 3.86. The highest BCUT2D eigenvalue weighted by Gasteiger charge is 2.12. The highest BCUT2D eigenvalue weighted by molar-refractivity contribution is 6.30. The van der Waals surface area contributed by atoms with Gasteiger partial charge in [-0.3, -0.25) is 9.97 Å². The fourth-order valence-corrected chi connectivity index (χ4v) is 2.69. The molecule has 1 aromatic carbocycles. The van der Waals surface area contributed by atoms with E-state index in [4.69, 9.17) is 11.6 Å². The lowest BCUT2D eigenvalue weighted by Gasteiger charge is -2.14. The van der Waals surface area contributed by atoms with E-state index in [-0.39, 0.29) is 5.82 Å². The summed E-state index contributed by atoms with van der Waals surface area (Å²) >= 11 is 6.00. The number of anilines is 2. The number of hydrogen-bond donors (Lipinski definition) is 1. The van der Waals surface area contributed by atoms with Crippen molar-refractivity contribution in [1.29, 1.82) is 0 Å². The summed E-state index contributed by atoms with van der Waals surface area (Å²) < 4.78 is 14.2. The van der Waals surface area contributed by atoms with Crippen molar-refractivity contribution in [2.45, 2.75) is 13.8 Å². The molecule has 2 heterocycles. The summed E-state index contributed by atoms with van der Waals surface area (Å²) in [5.74, 6) is -0.370. The van der Waals surface area contributed by atoms with Crippen LogP contribution in [0.5, 0.6) is 0 Å². The van der Waals surface area contributed by atoms with Crippen molar-refractivity contribution in [3.63, 3.8) is 0 Å². The molecule has 3 rings (SSSR count). The number of pyridine rings is 2. The largest absolute Gasteiger partial charge is 0.355 e. The summed E-state index contributed by atoms with van der Waals surface area (Å²) in [7, 11) is 0. The van der Waals surface area contributed by atoms with Crippen molar-refractivity contribution >= 4 is 28.5 Å². The number of nitrogens with one attached hydrogen (secondary N) is 1. The lowest BCUT2D eigenvalue weighted by Crippen LogP contribution is -1.99. The van der Waals surface area contributed by atoms with Crippen molar-refractivity contribution in [3.05, 3.63) is 77.5 Å².